The van der Waals surface area contributed by atoms with Crippen LogP contribution in [0.3, 0.4) is 0 Å². The Hall–Kier alpha value is -3.56. The lowest BCUT2D eigenvalue weighted by atomic mass is 10.1. The van der Waals surface area contributed by atoms with Crippen molar-refractivity contribution in [3.05, 3.63) is 88.4 Å². The minimum absolute atomic E-state index is 0.0350. The maximum Gasteiger partial charge on any atom is 0.276 e. The summed E-state index contributed by atoms with van der Waals surface area (Å²) in [6.45, 7) is 3.46. The molecule has 0 atom stereocenters. The van der Waals surface area contributed by atoms with E-state index in [1.165, 1.54) is 30.3 Å². The molecule has 0 fully saturated rings. The first-order valence-corrected chi connectivity index (χ1v) is 11.7. The topological polar surface area (TPSA) is 114 Å². The molecule has 8 nitrogen and oxygen atoms in total. The standard InChI is InChI=1S/C23H22ClN3O5S/c1-15-10-11-16(2)21(12-15)32-14-22(28)25-26-23(29)17-6-5-7-18(13-17)33(30,31)27-20-9-4-3-8-19(20)24/h3-13,27H,14H2,1-2H3,(H,25,28)(H,26,29). The minimum atomic E-state index is -3.99. The number of nitrogens with one attached hydrogen (secondary N) is 3. The highest BCUT2D eigenvalue weighted by Gasteiger charge is 2.18. The summed E-state index contributed by atoms with van der Waals surface area (Å²) in [5, 5.41) is 0.237. The Morgan fingerprint density at radius 3 is 2.45 bits per heavy atom. The van der Waals surface area contributed by atoms with Crippen LogP contribution < -0.4 is 20.3 Å². The van der Waals surface area contributed by atoms with Crippen molar-refractivity contribution in [2.45, 2.75) is 18.7 Å². The largest absolute Gasteiger partial charge is 0.483 e. The number of anilines is 1. The van der Waals surface area contributed by atoms with E-state index in [-0.39, 0.29) is 27.8 Å². The zero-order valence-corrected chi connectivity index (χ0v) is 19.5. The molecule has 0 spiro atoms. The van der Waals surface area contributed by atoms with Gasteiger partial charge in [0.05, 0.1) is 15.6 Å². The van der Waals surface area contributed by atoms with Crippen molar-refractivity contribution in [2.75, 3.05) is 11.3 Å². The molecule has 0 aliphatic carbocycles. The number of para-hydroxylation sites is 1. The van der Waals surface area contributed by atoms with Crippen molar-refractivity contribution in [3.63, 3.8) is 0 Å². The van der Waals surface area contributed by atoms with Crippen LogP contribution in [0.1, 0.15) is 21.5 Å². The van der Waals surface area contributed by atoms with E-state index in [4.69, 9.17) is 16.3 Å². The maximum atomic E-state index is 12.7. The van der Waals surface area contributed by atoms with E-state index in [0.717, 1.165) is 11.1 Å². The third kappa shape index (κ3) is 6.47. The van der Waals surface area contributed by atoms with Crippen molar-refractivity contribution < 1.29 is 22.7 Å². The van der Waals surface area contributed by atoms with Gasteiger partial charge in [-0.3, -0.25) is 25.2 Å². The van der Waals surface area contributed by atoms with Gasteiger partial charge in [0.25, 0.3) is 21.8 Å². The van der Waals surface area contributed by atoms with Crippen LogP contribution in [0, 0.1) is 13.8 Å². The van der Waals surface area contributed by atoms with Crippen molar-refractivity contribution >= 4 is 39.1 Å². The molecule has 0 aliphatic heterocycles. The quantitative estimate of drug-likeness (QED) is 0.441. The first kappa shape index (κ1) is 24.1. The summed E-state index contributed by atoms with van der Waals surface area (Å²) in [7, 11) is -3.99. The summed E-state index contributed by atoms with van der Waals surface area (Å²) in [6, 6.07) is 17.4. The molecule has 0 bridgehead atoms. The molecule has 0 saturated heterocycles. The Kier molecular flexibility index (Phi) is 7.57. The number of sulfonamides is 1. The Bertz CT molecular complexity index is 1290. The third-order valence-electron chi connectivity index (χ3n) is 4.54. The molecule has 33 heavy (non-hydrogen) atoms. The summed E-state index contributed by atoms with van der Waals surface area (Å²) in [5.74, 6) is -0.696. The number of amides is 2. The summed E-state index contributed by atoms with van der Waals surface area (Å²) in [5.41, 5.74) is 6.60. The predicted molar refractivity (Wildman–Crippen MR) is 126 cm³/mol. The van der Waals surface area contributed by atoms with E-state index >= 15 is 0 Å². The first-order valence-electron chi connectivity index (χ1n) is 9.82. The fraction of sp³-hybridized carbons (Fsp3) is 0.130. The minimum Gasteiger partial charge on any atom is -0.483 e. The number of hydrogen-bond acceptors (Lipinski definition) is 5. The molecule has 0 unspecified atom stereocenters. The lowest BCUT2D eigenvalue weighted by Crippen LogP contribution is -2.43. The zero-order chi connectivity index (χ0) is 24.0. The number of aryl methyl sites for hydroxylation is 2. The maximum absolute atomic E-state index is 12.7. The monoisotopic (exact) mass is 487 g/mol. The molecule has 0 aromatic heterocycles. The number of hydrazine groups is 1. The van der Waals surface area contributed by atoms with Gasteiger partial charge in [0.15, 0.2) is 6.61 Å². The molecule has 172 valence electrons. The molecular formula is C23H22ClN3O5S. The van der Waals surface area contributed by atoms with Crippen LogP contribution in [-0.2, 0) is 14.8 Å². The van der Waals surface area contributed by atoms with Gasteiger partial charge in [-0.05, 0) is 61.4 Å². The summed E-state index contributed by atoms with van der Waals surface area (Å²) in [4.78, 5) is 24.3. The molecule has 0 radical (unpaired) electrons. The number of rotatable bonds is 7. The predicted octanol–water partition coefficient (Wildman–Crippen LogP) is 3.60. The van der Waals surface area contributed by atoms with Gasteiger partial charge in [-0.2, -0.15) is 0 Å². The zero-order valence-electron chi connectivity index (χ0n) is 17.9. The Labute approximate surface area is 196 Å². The second-order valence-electron chi connectivity index (χ2n) is 7.17. The van der Waals surface area contributed by atoms with Crippen molar-refractivity contribution in [3.8, 4) is 5.75 Å². The van der Waals surface area contributed by atoms with Gasteiger partial charge in [-0.1, -0.05) is 41.9 Å². The Balaban J connectivity index is 1.60. The second kappa shape index (κ2) is 10.4. The molecule has 3 aromatic carbocycles. The van der Waals surface area contributed by atoms with Crippen LogP contribution >= 0.6 is 11.6 Å². The van der Waals surface area contributed by atoms with E-state index < -0.39 is 21.8 Å². The van der Waals surface area contributed by atoms with Gasteiger partial charge in [-0.15, -0.1) is 0 Å². The van der Waals surface area contributed by atoms with E-state index in [1.54, 1.807) is 18.2 Å². The van der Waals surface area contributed by atoms with Gasteiger partial charge in [-0.25, -0.2) is 8.42 Å². The fourth-order valence-electron chi connectivity index (χ4n) is 2.79. The van der Waals surface area contributed by atoms with Crippen LogP contribution in [0.5, 0.6) is 5.75 Å². The molecule has 3 rings (SSSR count). The number of carbonyl (C=O) groups excluding carboxylic acids is 2. The van der Waals surface area contributed by atoms with Crippen molar-refractivity contribution in [2.24, 2.45) is 0 Å². The Morgan fingerprint density at radius 2 is 1.70 bits per heavy atom. The number of benzene rings is 3. The molecule has 0 heterocycles. The smallest absolute Gasteiger partial charge is 0.276 e. The van der Waals surface area contributed by atoms with Gasteiger partial charge in [0, 0.05) is 5.56 Å². The number of hydrogen-bond donors (Lipinski definition) is 3. The van der Waals surface area contributed by atoms with Crippen LogP contribution in [0.15, 0.2) is 71.6 Å². The number of halogens is 1. The molecular weight excluding hydrogens is 466 g/mol. The van der Waals surface area contributed by atoms with Crippen molar-refractivity contribution in [1.29, 1.82) is 0 Å². The summed E-state index contributed by atoms with van der Waals surface area (Å²) in [6.07, 6.45) is 0. The third-order valence-corrected chi connectivity index (χ3v) is 6.24. The summed E-state index contributed by atoms with van der Waals surface area (Å²) < 4.78 is 33.2. The van der Waals surface area contributed by atoms with Crippen LogP contribution in [-0.4, -0.2) is 26.8 Å². The average molecular weight is 488 g/mol. The second-order valence-corrected chi connectivity index (χ2v) is 9.26. The number of ether oxygens (including phenoxy) is 1. The van der Waals surface area contributed by atoms with E-state index in [1.807, 2.05) is 32.0 Å². The van der Waals surface area contributed by atoms with Crippen LogP contribution in [0.25, 0.3) is 0 Å². The van der Waals surface area contributed by atoms with Crippen LogP contribution in [0.4, 0.5) is 5.69 Å². The Morgan fingerprint density at radius 1 is 0.939 bits per heavy atom. The normalized spacial score (nSPS) is 10.9. The highest BCUT2D eigenvalue weighted by molar-refractivity contribution is 7.92. The SMILES string of the molecule is Cc1ccc(C)c(OCC(=O)NNC(=O)c2cccc(S(=O)(=O)Nc3ccccc3Cl)c2)c1. The molecule has 10 heteroatoms. The average Bonchev–Trinajstić information content (AvgIpc) is 2.79. The molecule has 3 N–H and O–H groups in total. The molecule has 0 saturated carbocycles. The van der Waals surface area contributed by atoms with Gasteiger partial charge in [0.1, 0.15) is 5.75 Å². The van der Waals surface area contributed by atoms with E-state index in [9.17, 15) is 18.0 Å². The fourth-order valence-corrected chi connectivity index (χ4v) is 4.16. The number of carbonyl (C=O) groups is 2. The molecule has 3 aromatic rings. The van der Waals surface area contributed by atoms with Gasteiger partial charge < -0.3 is 4.74 Å². The molecule has 0 aliphatic rings. The highest BCUT2D eigenvalue weighted by atomic mass is 35.5. The summed E-state index contributed by atoms with van der Waals surface area (Å²) >= 11 is 6.01. The van der Waals surface area contributed by atoms with Gasteiger partial charge in [0.2, 0.25) is 0 Å². The van der Waals surface area contributed by atoms with Crippen LogP contribution in [0.2, 0.25) is 5.02 Å². The lowest BCUT2D eigenvalue weighted by molar-refractivity contribution is -0.123. The first-order chi connectivity index (χ1) is 15.7. The molecule has 2 amide bonds. The lowest BCUT2D eigenvalue weighted by Gasteiger charge is -2.12. The van der Waals surface area contributed by atoms with Crippen molar-refractivity contribution in [1.82, 2.24) is 10.9 Å². The van der Waals surface area contributed by atoms with E-state index in [0.29, 0.717) is 5.75 Å². The highest BCUT2D eigenvalue weighted by Crippen LogP contribution is 2.24. The van der Waals surface area contributed by atoms with E-state index in [2.05, 4.69) is 15.6 Å². The van der Waals surface area contributed by atoms with Gasteiger partial charge >= 0.3 is 0 Å².